The van der Waals surface area contributed by atoms with Gasteiger partial charge in [-0.2, -0.15) is 13.2 Å². The number of nitrogens with zero attached hydrogens (tertiary/aromatic N) is 1. The summed E-state index contributed by atoms with van der Waals surface area (Å²) in [6.07, 6.45) is -4.34. The van der Waals surface area contributed by atoms with E-state index in [2.05, 4.69) is 0 Å². The van der Waals surface area contributed by atoms with Crippen LogP contribution in [0.15, 0.2) is 24.3 Å². The topological polar surface area (TPSA) is 40.5 Å². The van der Waals surface area contributed by atoms with Gasteiger partial charge in [-0.1, -0.05) is 12.1 Å². The molecule has 0 radical (unpaired) electrons. The van der Waals surface area contributed by atoms with E-state index in [-0.39, 0.29) is 12.3 Å². The lowest BCUT2D eigenvalue weighted by atomic mass is 10.1. The molecule has 0 saturated heterocycles. The fourth-order valence-electron chi connectivity index (χ4n) is 1.63. The Morgan fingerprint density at radius 3 is 2.30 bits per heavy atom. The smallest absolute Gasteiger partial charge is 0.393 e. The summed E-state index contributed by atoms with van der Waals surface area (Å²) in [4.78, 5) is 13.3. The summed E-state index contributed by atoms with van der Waals surface area (Å²) in [5, 5.41) is 9.14. The number of amides is 1. The van der Waals surface area contributed by atoms with E-state index >= 15 is 0 Å². The molecule has 0 aliphatic heterocycles. The van der Waals surface area contributed by atoms with Crippen LogP contribution in [0.5, 0.6) is 0 Å². The Labute approximate surface area is 116 Å². The molecule has 0 heterocycles. The molecule has 112 valence electrons. The Hall–Kier alpha value is -1.56. The van der Waals surface area contributed by atoms with Crippen LogP contribution in [0.2, 0.25) is 0 Å². The van der Waals surface area contributed by atoms with Crippen molar-refractivity contribution in [3.8, 4) is 0 Å². The summed E-state index contributed by atoms with van der Waals surface area (Å²) in [6, 6.07) is 4.56. The van der Waals surface area contributed by atoms with Gasteiger partial charge in [0.05, 0.1) is 18.1 Å². The fourth-order valence-corrected chi connectivity index (χ4v) is 1.63. The summed E-state index contributed by atoms with van der Waals surface area (Å²) in [7, 11) is 1.61. The number of hydrogen-bond acceptors (Lipinski definition) is 2. The molecule has 0 spiro atoms. The highest BCUT2D eigenvalue weighted by atomic mass is 19.4. The van der Waals surface area contributed by atoms with E-state index < -0.39 is 17.8 Å². The second kappa shape index (κ2) is 6.74. The van der Waals surface area contributed by atoms with Gasteiger partial charge in [0.25, 0.3) is 0 Å². The summed E-state index contributed by atoms with van der Waals surface area (Å²) < 4.78 is 37.2. The van der Waals surface area contributed by atoms with Crippen LogP contribution in [0, 0.1) is 0 Å². The number of likely N-dealkylation sites (N-methyl/N-ethyl adjacent to an activating group) is 1. The molecule has 0 aromatic heterocycles. The molecule has 0 aliphatic carbocycles. The van der Waals surface area contributed by atoms with Crippen LogP contribution in [0.1, 0.15) is 24.5 Å². The van der Waals surface area contributed by atoms with Crippen LogP contribution >= 0.6 is 0 Å². The number of rotatable bonds is 5. The second-order valence-electron chi connectivity index (χ2n) is 4.82. The average Bonchev–Trinajstić information content (AvgIpc) is 2.35. The van der Waals surface area contributed by atoms with Gasteiger partial charge in [-0.15, -0.1) is 0 Å². The fraction of sp³-hybridized carbons (Fsp3) is 0.500. The first-order valence-electron chi connectivity index (χ1n) is 6.28. The van der Waals surface area contributed by atoms with E-state index in [4.69, 9.17) is 5.11 Å². The van der Waals surface area contributed by atoms with Gasteiger partial charge < -0.3 is 10.0 Å². The minimum Gasteiger partial charge on any atom is -0.393 e. The van der Waals surface area contributed by atoms with Crippen LogP contribution in [-0.4, -0.2) is 35.6 Å². The quantitative estimate of drug-likeness (QED) is 0.904. The normalized spacial score (nSPS) is 13.1. The van der Waals surface area contributed by atoms with Crippen molar-refractivity contribution in [1.29, 1.82) is 0 Å². The number of aliphatic hydroxyl groups is 1. The van der Waals surface area contributed by atoms with E-state index in [9.17, 15) is 18.0 Å². The molecule has 3 nitrogen and oxygen atoms in total. The summed E-state index contributed by atoms with van der Waals surface area (Å²) in [6.45, 7) is 2.05. The van der Waals surface area contributed by atoms with Gasteiger partial charge >= 0.3 is 6.18 Å². The molecule has 0 aliphatic rings. The minimum absolute atomic E-state index is 0.0500. The Balaban J connectivity index is 2.58. The van der Waals surface area contributed by atoms with Crippen LogP contribution in [0.3, 0.4) is 0 Å². The molecule has 0 bridgehead atoms. The number of halogens is 3. The maximum Gasteiger partial charge on any atom is 0.416 e. The van der Waals surface area contributed by atoms with Crippen molar-refractivity contribution >= 4 is 5.91 Å². The molecule has 1 aromatic rings. The molecule has 1 N–H and O–H groups in total. The van der Waals surface area contributed by atoms with Gasteiger partial charge in [0.2, 0.25) is 5.91 Å². The van der Waals surface area contributed by atoms with Crippen LogP contribution in [0.4, 0.5) is 13.2 Å². The molecule has 1 amide bonds. The van der Waals surface area contributed by atoms with Crippen molar-refractivity contribution in [3.05, 3.63) is 35.4 Å². The molecule has 0 fully saturated rings. The number of alkyl halides is 3. The van der Waals surface area contributed by atoms with Crippen molar-refractivity contribution in [2.24, 2.45) is 0 Å². The minimum atomic E-state index is -4.36. The van der Waals surface area contributed by atoms with Gasteiger partial charge in [-0.3, -0.25) is 4.79 Å². The molecule has 1 atom stereocenters. The van der Waals surface area contributed by atoms with Crippen LogP contribution < -0.4 is 0 Å². The number of aliphatic hydroxyl groups excluding tert-OH is 1. The zero-order valence-electron chi connectivity index (χ0n) is 11.4. The molecule has 1 rings (SSSR count). The first kappa shape index (κ1) is 16.5. The standard InChI is InChI=1S/C14H18F3NO2/c1-10(19)7-8-18(2)13(20)9-11-3-5-12(6-4-11)14(15,16)17/h3-6,10,19H,7-9H2,1-2H3. The van der Waals surface area contributed by atoms with Gasteiger partial charge in [-0.05, 0) is 31.0 Å². The molecule has 6 heteroatoms. The number of hydrogen-bond donors (Lipinski definition) is 1. The molecule has 1 unspecified atom stereocenters. The Kier molecular flexibility index (Phi) is 5.56. The Morgan fingerprint density at radius 2 is 1.85 bits per heavy atom. The Bertz CT molecular complexity index is 441. The molecular formula is C14H18F3NO2. The predicted molar refractivity (Wildman–Crippen MR) is 69.1 cm³/mol. The number of carbonyl (C=O) groups excluding carboxylic acids is 1. The highest BCUT2D eigenvalue weighted by Gasteiger charge is 2.30. The van der Waals surface area contributed by atoms with E-state index in [1.54, 1.807) is 14.0 Å². The largest absolute Gasteiger partial charge is 0.416 e. The van der Waals surface area contributed by atoms with Crippen molar-refractivity contribution in [2.45, 2.75) is 32.0 Å². The maximum atomic E-state index is 12.4. The first-order chi connectivity index (χ1) is 9.20. The SMILES string of the molecule is CC(O)CCN(C)C(=O)Cc1ccc(C(F)(F)F)cc1. The second-order valence-corrected chi connectivity index (χ2v) is 4.82. The van der Waals surface area contributed by atoms with Crippen molar-refractivity contribution in [3.63, 3.8) is 0 Å². The molecule has 0 saturated carbocycles. The third kappa shape index (κ3) is 5.21. The lowest BCUT2D eigenvalue weighted by molar-refractivity contribution is -0.137. The monoisotopic (exact) mass is 289 g/mol. The van der Waals surface area contributed by atoms with Gasteiger partial charge in [0, 0.05) is 13.6 Å². The molecular weight excluding hydrogens is 271 g/mol. The third-order valence-corrected chi connectivity index (χ3v) is 2.94. The molecule has 1 aromatic carbocycles. The number of carbonyl (C=O) groups is 1. The zero-order chi connectivity index (χ0) is 15.3. The van der Waals surface area contributed by atoms with E-state index in [1.165, 1.54) is 17.0 Å². The average molecular weight is 289 g/mol. The highest BCUT2D eigenvalue weighted by molar-refractivity contribution is 5.78. The van der Waals surface area contributed by atoms with Gasteiger partial charge in [-0.25, -0.2) is 0 Å². The molecule has 20 heavy (non-hydrogen) atoms. The lowest BCUT2D eigenvalue weighted by Crippen LogP contribution is -2.30. The summed E-state index contributed by atoms with van der Waals surface area (Å²) >= 11 is 0. The van der Waals surface area contributed by atoms with Crippen molar-refractivity contribution < 1.29 is 23.1 Å². The van der Waals surface area contributed by atoms with Crippen molar-refractivity contribution in [2.75, 3.05) is 13.6 Å². The summed E-state index contributed by atoms with van der Waals surface area (Å²) in [5.74, 6) is -0.189. The first-order valence-corrected chi connectivity index (χ1v) is 6.28. The Morgan fingerprint density at radius 1 is 1.30 bits per heavy atom. The predicted octanol–water partition coefficient (Wildman–Crippen LogP) is 2.48. The number of benzene rings is 1. The van der Waals surface area contributed by atoms with Gasteiger partial charge in [0.1, 0.15) is 0 Å². The van der Waals surface area contributed by atoms with E-state index in [1.807, 2.05) is 0 Å². The lowest BCUT2D eigenvalue weighted by Gasteiger charge is -2.18. The maximum absolute atomic E-state index is 12.4. The zero-order valence-corrected chi connectivity index (χ0v) is 11.4. The third-order valence-electron chi connectivity index (χ3n) is 2.94. The summed E-state index contributed by atoms with van der Waals surface area (Å²) in [5.41, 5.74) is -0.192. The van der Waals surface area contributed by atoms with Crippen LogP contribution in [0.25, 0.3) is 0 Å². The van der Waals surface area contributed by atoms with E-state index in [0.717, 1.165) is 12.1 Å². The highest BCUT2D eigenvalue weighted by Crippen LogP contribution is 2.29. The van der Waals surface area contributed by atoms with E-state index in [0.29, 0.717) is 18.5 Å². The van der Waals surface area contributed by atoms with Crippen molar-refractivity contribution in [1.82, 2.24) is 4.90 Å². The van der Waals surface area contributed by atoms with Crippen LogP contribution in [-0.2, 0) is 17.4 Å². The van der Waals surface area contributed by atoms with Gasteiger partial charge in [0.15, 0.2) is 0 Å².